The molecule has 2 aromatic carbocycles. The third-order valence-corrected chi connectivity index (χ3v) is 4.66. The van der Waals surface area contributed by atoms with Gasteiger partial charge in [-0.15, -0.1) is 0 Å². The number of halogens is 1. The fourth-order valence-electron chi connectivity index (χ4n) is 2.50. The molecule has 0 N–H and O–H groups in total. The largest absolute Gasteiger partial charge is 0.292 e. The Morgan fingerprint density at radius 1 is 1.06 bits per heavy atom. The fraction of sp³-hybridized carbons (Fsp3) is 0.188. The molecule has 0 saturated carbocycles. The normalized spacial score (nSPS) is 22.0. The zero-order valence-electron chi connectivity index (χ0n) is 10.1. The summed E-state index contributed by atoms with van der Waals surface area (Å²) >= 11 is 3.68. The van der Waals surface area contributed by atoms with Crippen LogP contribution in [-0.4, -0.2) is 5.78 Å². The molecular weight excluding hydrogens is 288 g/mol. The smallest absolute Gasteiger partial charge is 0.184 e. The van der Waals surface area contributed by atoms with Crippen molar-refractivity contribution in [2.45, 2.75) is 17.7 Å². The second kappa shape index (κ2) is 4.06. The molecule has 2 aromatic rings. The molecule has 1 aliphatic rings. The van der Waals surface area contributed by atoms with Crippen molar-refractivity contribution in [3.05, 3.63) is 70.8 Å². The van der Waals surface area contributed by atoms with E-state index >= 15 is 0 Å². The average Bonchev–Trinajstić information content (AvgIpc) is 2.64. The van der Waals surface area contributed by atoms with Crippen LogP contribution in [0.5, 0.6) is 0 Å². The topological polar surface area (TPSA) is 17.1 Å². The minimum Gasteiger partial charge on any atom is -0.292 e. The van der Waals surface area contributed by atoms with E-state index in [4.69, 9.17) is 0 Å². The quantitative estimate of drug-likeness (QED) is 0.727. The molecule has 0 aliphatic heterocycles. The number of carbonyl (C=O) groups excluding carboxylic acids is 1. The van der Waals surface area contributed by atoms with Crippen LogP contribution in [0.15, 0.2) is 48.5 Å². The molecule has 90 valence electrons. The van der Waals surface area contributed by atoms with Crippen LogP contribution in [0.25, 0.3) is 0 Å². The third kappa shape index (κ3) is 1.64. The van der Waals surface area contributed by atoms with Gasteiger partial charge in [-0.1, -0.05) is 70.0 Å². The summed E-state index contributed by atoms with van der Waals surface area (Å²) in [5.41, 5.74) is 4.21. The molecule has 0 aromatic heterocycles. The van der Waals surface area contributed by atoms with Crippen LogP contribution in [0.3, 0.4) is 0 Å². The Labute approximate surface area is 115 Å². The number of carbonyl (C=O) groups is 1. The van der Waals surface area contributed by atoms with Gasteiger partial charge in [-0.2, -0.15) is 0 Å². The molecule has 3 rings (SSSR count). The van der Waals surface area contributed by atoms with Gasteiger partial charge in [-0.3, -0.25) is 4.79 Å². The molecular formula is C16H13BrO. The number of ketones is 1. The SMILES string of the molecule is Cc1ccc(C2(Br)Cc3ccccc3C2=O)cc1. The number of benzene rings is 2. The summed E-state index contributed by atoms with van der Waals surface area (Å²) in [6.07, 6.45) is 0.727. The second-order valence-electron chi connectivity index (χ2n) is 4.83. The summed E-state index contributed by atoms with van der Waals surface area (Å²) in [7, 11) is 0. The van der Waals surface area contributed by atoms with Gasteiger partial charge in [0, 0.05) is 5.56 Å². The first-order valence-corrected chi connectivity index (χ1v) is 6.79. The number of hydrogen-bond donors (Lipinski definition) is 0. The summed E-state index contributed by atoms with van der Waals surface area (Å²) in [5.74, 6) is 0.168. The second-order valence-corrected chi connectivity index (χ2v) is 6.18. The van der Waals surface area contributed by atoms with Crippen molar-refractivity contribution in [1.29, 1.82) is 0 Å². The van der Waals surface area contributed by atoms with Gasteiger partial charge in [0.1, 0.15) is 4.32 Å². The van der Waals surface area contributed by atoms with Gasteiger partial charge in [-0.05, 0) is 24.5 Å². The van der Waals surface area contributed by atoms with E-state index in [0.29, 0.717) is 0 Å². The highest BCUT2D eigenvalue weighted by molar-refractivity contribution is 9.10. The van der Waals surface area contributed by atoms with Crippen LogP contribution in [0, 0.1) is 6.92 Å². The summed E-state index contributed by atoms with van der Waals surface area (Å²) in [4.78, 5) is 12.6. The van der Waals surface area contributed by atoms with Crippen molar-refractivity contribution in [3.8, 4) is 0 Å². The van der Waals surface area contributed by atoms with Crippen molar-refractivity contribution in [1.82, 2.24) is 0 Å². The van der Waals surface area contributed by atoms with Crippen LogP contribution >= 0.6 is 15.9 Å². The van der Waals surface area contributed by atoms with Crippen LogP contribution in [-0.2, 0) is 10.7 Å². The van der Waals surface area contributed by atoms with E-state index in [0.717, 1.165) is 23.1 Å². The summed E-state index contributed by atoms with van der Waals surface area (Å²) in [5, 5.41) is 0. The van der Waals surface area contributed by atoms with Crippen LogP contribution < -0.4 is 0 Å². The van der Waals surface area contributed by atoms with Gasteiger partial charge < -0.3 is 0 Å². The molecule has 1 unspecified atom stereocenters. The molecule has 1 atom stereocenters. The fourth-order valence-corrected chi connectivity index (χ4v) is 3.28. The molecule has 0 amide bonds. The van der Waals surface area contributed by atoms with Crippen molar-refractivity contribution < 1.29 is 4.79 Å². The van der Waals surface area contributed by atoms with Crippen LogP contribution in [0.1, 0.15) is 27.0 Å². The number of hydrogen-bond acceptors (Lipinski definition) is 1. The van der Waals surface area contributed by atoms with Gasteiger partial charge in [-0.25, -0.2) is 0 Å². The number of aryl methyl sites for hydroxylation is 1. The molecule has 0 fully saturated rings. The Balaban J connectivity index is 2.09. The lowest BCUT2D eigenvalue weighted by Gasteiger charge is -2.20. The van der Waals surface area contributed by atoms with Gasteiger partial charge in [0.2, 0.25) is 0 Å². The highest BCUT2D eigenvalue weighted by Gasteiger charge is 2.44. The standard InChI is InChI=1S/C16H13BrO/c1-11-6-8-13(9-7-11)16(17)10-12-4-2-3-5-14(12)15(16)18/h2-9H,10H2,1H3. The predicted molar refractivity (Wildman–Crippen MR) is 76.3 cm³/mol. The summed E-state index contributed by atoms with van der Waals surface area (Å²) in [6, 6.07) is 16.0. The first-order chi connectivity index (χ1) is 8.61. The lowest BCUT2D eigenvalue weighted by molar-refractivity contribution is 0.0960. The van der Waals surface area contributed by atoms with Gasteiger partial charge >= 0.3 is 0 Å². The van der Waals surface area contributed by atoms with E-state index in [2.05, 4.69) is 35.0 Å². The first kappa shape index (κ1) is 11.7. The molecule has 18 heavy (non-hydrogen) atoms. The number of alkyl halides is 1. The van der Waals surface area contributed by atoms with Gasteiger partial charge in [0.25, 0.3) is 0 Å². The maximum absolute atomic E-state index is 12.6. The average molecular weight is 301 g/mol. The molecule has 0 radical (unpaired) electrons. The van der Waals surface area contributed by atoms with Gasteiger partial charge in [0.15, 0.2) is 5.78 Å². The maximum Gasteiger partial charge on any atom is 0.184 e. The highest BCUT2D eigenvalue weighted by Crippen LogP contribution is 2.44. The van der Waals surface area contributed by atoms with Crippen molar-refractivity contribution in [2.75, 3.05) is 0 Å². The molecule has 0 bridgehead atoms. The van der Waals surface area contributed by atoms with E-state index in [9.17, 15) is 4.79 Å². The van der Waals surface area contributed by atoms with E-state index in [1.165, 1.54) is 5.56 Å². The van der Waals surface area contributed by atoms with Crippen LogP contribution in [0.4, 0.5) is 0 Å². The van der Waals surface area contributed by atoms with Crippen LogP contribution in [0.2, 0.25) is 0 Å². The lowest BCUT2D eigenvalue weighted by atomic mass is 9.94. The third-order valence-electron chi connectivity index (χ3n) is 3.57. The maximum atomic E-state index is 12.6. The number of Topliss-reactive ketones (excluding diaryl/α,β-unsaturated/α-hetero) is 1. The van der Waals surface area contributed by atoms with E-state index in [-0.39, 0.29) is 5.78 Å². The molecule has 1 nitrogen and oxygen atoms in total. The predicted octanol–water partition coefficient (Wildman–Crippen LogP) is 4.02. The number of fused-ring (bicyclic) bond motifs is 1. The molecule has 2 heteroatoms. The van der Waals surface area contributed by atoms with E-state index in [1.807, 2.05) is 36.4 Å². The van der Waals surface area contributed by atoms with E-state index < -0.39 is 4.32 Å². The Hall–Kier alpha value is -1.41. The molecule has 0 saturated heterocycles. The molecule has 0 heterocycles. The Morgan fingerprint density at radius 3 is 2.39 bits per heavy atom. The Bertz CT molecular complexity index is 615. The summed E-state index contributed by atoms with van der Waals surface area (Å²) < 4.78 is -0.579. The zero-order valence-corrected chi connectivity index (χ0v) is 11.7. The van der Waals surface area contributed by atoms with Crippen molar-refractivity contribution >= 4 is 21.7 Å². The Kier molecular flexibility index (Phi) is 2.63. The monoisotopic (exact) mass is 300 g/mol. The molecule has 1 aliphatic carbocycles. The van der Waals surface area contributed by atoms with E-state index in [1.54, 1.807) is 0 Å². The van der Waals surface area contributed by atoms with Gasteiger partial charge in [0.05, 0.1) is 0 Å². The minimum atomic E-state index is -0.579. The molecule has 0 spiro atoms. The number of rotatable bonds is 1. The lowest BCUT2D eigenvalue weighted by Crippen LogP contribution is -2.25. The highest BCUT2D eigenvalue weighted by atomic mass is 79.9. The first-order valence-electron chi connectivity index (χ1n) is 6.00. The Morgan fingerprint density at radius 2 is 1.72 bits per heavy atom. The minimum absolute atomic E-state index is 0.168. The van der Waals surface area contributed by atoms with Crippen molar-refractivity contribution in [2.24, 2.45) is 0 Å². The zero-order chi connectivity index (χ0) is 12.8. The van der Waals surface area contributed by atoms with Crippen molar-refractivity contribution in [3.63, 3.8) is 0 Å². The summed E-state index contributed by atoms with van der Waals surface area (Å²) in [6.45, 7) is 2.05.